The van der Waals surface area contributed by atoms with E-state index in [-0.39, 0.29) is 40.8 Å². The predicted octanol–water partition coefficient (Wildman–Crippen LogP) is 2.54. The van der Waals surface area contributed by atoms with Gasteiger partial charge >= 0.3 is 0 Å². The summed E-state index contributed by atoms with van der Waals surface area (Å²) in [6.45, 7) is 1.04. The van der Waals surface area contributed by atoms with E-state index >= 15 is 0 Å². The zero-order valence-electron chi connectivity index (χ0n) is 17.0. The minimum absolute atomic E-state index is 0.0244. The van der Waals surface area contributed by atoms with Crippen LogP contribution in [0.25, 0.3) is 0 Å². The second kappa shape index (κ2) is 9.21. The van der Waals surface area contributed by atoms with Gasteiger partial charge in [0.1, 0.15) is 0 Å². The highest BCUT2D eigenvalue weighted by Crippen LogP contribution is 2.34. The quantitative estimate of drug-likeness (QED) is 0.549. The third-order valence-corrected chi connectivity index (χ3v) is 11.2. The zero-order chi connectivity index (χ0) is 23.8. The highest BCUT2D eigenvalue weighted by molar-refractivity contribution is 7.92. The molecule has 1 fully saturated rings. The van der Waals surface area contributed by atoms with Gasteiger partial charge in [0.25, 0.3) is 0 Å². The Hall–Kier alpha value is -1.21. The molecule has 0 bridgehead atoms. The number of hydrogen-bond acceptors (Lipinski definition) is 6. The van der Waals surface area contributed by atoms with Crippen molar-refractivity contribution in [2.45, 2.75) is 28.7 Å². The molecule has 1 N–H and O–H groups in total. The van der Waals surface area contributed by atoms with Crippen molar-refractivity contribution in [2.75, 3.05) is 24.6 Å². The summed E-state index contributed by atoms with van der Waals surface area (Å²) in [4.78, 5) is -0.0864. The molecule has 0 unspecified atom stereocenters. The summed E-state index contributed by atoms with van der Waals surface area (Å²) in [6, 6.07) is 11.0. The Labute approximate surface area is 198 Å². The lowest BCUT2D eigenvalue weighted by molar-refractivity contribution is 0.236. The number of benzene rings is 2. The molecular formula is C19H22Cl2N2O6S3. The fraction of sp³-hybridized carbons (Fsp3) is 0.368. The normalized spacial score (nSPS) is 21.1. The highest BCUT2D eigenvalue weighted by Gasteiger charge is 2.47. The van der Waals surface area contributed by atoms with E-state index < -0.39 is 35.4 Å². The van der Waals surface area contributed by atoms with E-state index in [4.69, 9.17) is 23.2 Å². The second-order valence-electron chi connectivity index (χ2n) is 7.72. The van der Waals surface area contributed by atoms with E-state index in [1.807, 2.05) is 0 Å². The summed E-state index contributed by atoms with van der Waals surface area (Å²) in [5.74, 6) is -0.497. The molecule has 0 spiro atoms. The number of halogens is 2. The van der Waals surface area contributed by atoms with Gasteiger partial charge in [0, 0.05) is 28.7 Å². The van der Waals surface area contributed by atoms with Crippen LogP contribution in [0.1, 0.15) is 13.3 Å². The average molecular weight is 542 g/mol. The number of hydrogen-bond donors (Lipinski definition) is 1. The monoisotopic (exact) mass is 540 g/mol. The molecule has 1 aliphatic rings. The maximum atomic E-state index is 13.4. The van der Waals surface area contributed by atoms with Crippen LogP contribution in [0.2, 0.25) is 10.0 Å². The Bertz CT molecular complexity index is 1300. The number of sulfonamides is 2. The molecular weight excluding hydrogens is 519 g/mol. The van der Waals surface area contributed by atoms with Gasteiger partial charge < -0.3 is 0 Å². The SMILES string of the molecule is C[C@]1(N(CCNS(=O)(=O)c2ccc(Cl)cc2)S(=O)(=O)c2ccc(Cl)cc2)CCS(=O)(=O)C1. The Balaban J connectivity index is 1.88. The molecule has 3 rings (SSSR count). The molecule has 0 saturated carbocycles. The summed E-state index contributed by atoms with van der Waals surface area (Å²) in [5, 5.41) is 0.723. The van der Waals surface area contributed by atoms with Crippen LogP contribution in [0.3, 0.4) is 0 Å². The van der Waals surface area contributed by atoms with Crippen molar-refractivity contribution < 1.29 is 25.3 Å². The number of rotatable bonds is 8. The molecule has 32 heavy (non-hydrogen) atoms. The summed E-state index contributed by atoms with van der Waals surface area (Å²) < 4.78 is 79.6. The smallest absolute Gasteiger partial charge is 0.229 e. The van der Waals surface area contributed by atoms with Crippen molar-refractivity contribution in [1.82, 2.24) is 9.03 Å². The van der Waals surface area contributed by atoms with Crippen LogP contribution in [0.5, 0.6) is 0 Å². The van der Waals surface area contributed by atoms with Gasteiger partial charge in [-0.2, -0.15) is 4.31 Å². The first-order valence-electron chi connectivity index (χ1n) is 9.49. The number of sulfone groups is 1. The Kier molecular flexibility index (Phi) is 7.31. The molecule has 8 nitrogen and oxygen atoms in total. The van der Waals surface area contributed by atoms with Crippen LogP contribution >= 0.6 is 23.2 Å². The summed E-state index contributed by atoms with van der Waals surface area (Å²) in [7, 11) is -11.5. The van der Waals surface area contributed by atoms with Crippen molar-refractivity contribution >= 4 is 53.1 Å². The van der Waals surface area contributed by atoms with Crippen LogP contribution in [-0.4, -0.2) is 59.7 Å². The van der Waals surface area contributed by atoms with Crippen molar-refractivity contribution in [2.24, 2.45) is 0 Å². The van der Waals surface area contributed by atoms with Crippen molar-refractivity contribution in [3.8, 4) is 0 Å². The first-order valence-corrected chi connectivity index (χ1v) is 15.0. The Morgan fingerprint density at radius 2 is 1.44 bits per heavy atom. The van der Waals surface area contributed by atoms with Crippen molar-refractivity contribution in [1.29, 1.82) is 0 Å². The maximum Gasteiger partial charge on any atom is 0.243 e. The molecule has 176 valence electrons. The van der Waals surface area contributed by atoms with E-state index in [0.29, 0.717) is 10.0 Å². The van der Waals surface area contributed by atoms with Crippen LogP contribution < -0.4 is 4.72 Å². The van der Waals surface area contributed by atoms with E-state index in [2.05, 4.69) is 4.72 Å². The fourth-order valence-electron chi connectivity index (χ4n) is 3.58. The lowest BCUT2D eigenvalue weighted by Gasteiger charge is -2.36. The number of nitrogens with zero attached hydrogens (tertiary/aromatic N) is 1. The molecule has 0 aromatic heterocycles. The van der Waals surface area contributed by atoms with Gasteiger partial charge in [0.15, 0.2) is 9.84 Å². The van der Waals surface area contributed by atoms with E-state index in [1.54, 1.807) is 6.92 Å². The first-order chi connectivity index (χ1) is 14.8. The molecule has 0 amide bonds. The Morgan fingerprint density at radius 3 is 1.91 bits per heavy atom. The van der Waals surface area contributed by atoms with Gasteiger partial charge in [0.05, 0.1) is 21.3 Å². The molecule has 2 aromatic rings. The standard InChI is InChI=1S/C19H22Cl2N2O6S3/c1-19(10-13-30(24,25)14-19)23(32(28,29)18-8-4-16(21)5-9-18)12-11-22-31(26,27)17-6-2-15(20)3-7-17/h2-9,22H,10-14H2,1H3/t19-/m0/s1. The van der Waals surface area contributed by atoms with Crippen LogP contribution in [-0.2, 0) is 29.9 Å². The van der Waals surface area contributed by atoms with Gasteiger partial charge in [-0.15, -0.1) is 0 Å². The van der Waals surface area contributed by atoms with Crippen LogP contribution in [0.15, 0.2) is 58.3 Å². The van der Waals surface area contributed by atoms with Crippen molar-refractivity contribution in [3.63, 3.8) is 0 Å². The molecule has 0 aliphatic carbocycles. The van der Waals surface area contributed by atoms with Gasteiger partial charge in [-0.3, -0.25) is 0 Å². The van der Waals surface area contributed by atoms with E-state index in [0.717, 1.165) is 4.31 Å². The van der Waals surface area contributed by atoms with E-state index in [1.165, 1.54) is 48.5 Å². The third kappa shape index (κ3) is 5.64. The second-order valence-corrected chi connectivity index (χ2v) is 14.4. The minimum atomic E-state index is -4.14. The van der Waals surface area contributed by atoms with Crippen LogP contribution in [0.4, 0.5) is 0 Å². The van der Waals surface area contributed by atoms with Gasteiger partial charge in [0.2, 0.25) is 20.0 Å². The minimum Gasteiger partial charge on any atom is -0.229 e. The first kappa shape index (κ1) is 25.4. The lowest BCUT2D eigenvalue weighted by Crippen LogP contribution is -2.53. The van der Waals surface area contributed by atoms with Gasteiger partial charge in [-0.1, -0.05) is 23.2 Å². The molecule has 1 atom stereocenters. The average Bonchev–Trinajstić information content (AvgIpc) is 2.99. The maximum absolute atomic E-state index is 13.4. The van der Waals surface area contributed by atoms with Crippen molar-refractivity contribution in [3.05, 3.63) is 58.6 Å². The third-order valence-electron chi connectivity index (χ3n) is 5.22. The molecule has 2 aromatic carbocycles. The predicted molar refractivity (Wildman–Crippen MR) is 124 cm³/mol. The van der Waals surface area contributed by atoms with E-state index in [9.17, 15) is 25.3 Å². The highest BCUT2D eigenvalue weighted by atomic mass is 35.5. The summed E-state index contributed by atoms with van der Waals surface area (Å²) >= 11 is 11.7. The number of nitrogens with one attached hydrogen (secondary N) is 1. The molecule has 1 heterocycles. The molecule has 1 saturated heterocycles. The largest absolute Gasteiger partial charge is 0.243 e. The molecule has 1 aliphatic heterocycles. The van der Waals surface area contributed by atoms with Gasteiger partial charge in [-0.05, 0) is 61.9 Å². The lowest BCUT2D eigenvalue weighted by atomic mass is 10.0. The summed E-state index contributed by atoms with van der Waals surface area (Å²) in [6.07, 6.45) is 0.103. The summed E-state index contributed by atoms with van der Waals surface area (Å²) in [5.41, 5.74) is -1.22. The zero-order valence-corrected chi connectivity index (χ0v) is 21.0. The molecule has 0 radical (unpaired) electrons. The van der Waals surface area contributed by atoms with Gasteiger partial charge in [-0.25, -0.2) is 30.0 Å². The topological polar surface area (TPSA) is 118 Å². The Morgan fingerprint density at radius 1 is 0.938 bits per heavy atom. The fourth-order valence-corrected chi connectivity index (χ4v) is 8.88. The van der Waals surface area contributed by atoms with Crippen LogP contribution in [0, 0.1) is 0 Å². The molecule has 13 heteroatoms.